The third-order valence-corrected chi connectivity index (χ3v) is 4.05. The van der Waals surface area contributed by atoms with E-state index >= 15 is 0 Å². The maximum absolute atomic E-state index is 12.5. The molecule has 0 radical (unpaired) electrons. The highest BCUT2D eigenvalue weighted by Crippen LogP contribution is 2.28. The monoisotopic (exact) mass is 328 g/mol. The molecule has 0 aliphatic rings. The maximum Gasteiger partial charge on any atom is 0.226 e. The van der Waals surface area contributed by atoms with Crippen molar-refractivity contribution in [3.63, 3.8) is 0 Å². The number of amides is 1. The zero-order valence-electron chi connectivity index (χ0n) is 14.7. The van der Waals surface area contributed by atoms with Crippen molar-refractivity contribution in [2.24, 2.45) is 0 Å². The van der Waals surface area contributed by atoms with Gasteiger partial charge in [-0.3, -0.25) is 9.78 Å². The van der Waals surface area contributed by atoms with Gasteiger partial charge < -0.3 is 14.4 Å². The number of methoxy groups -OCH3 is 2. The molecular weight excluding hydrogens is 304 g/mol. The van der Waals surface area contributed by atoms with E-state index in [0.29, 0.717) is 12.3 Å². The molecule has 0 N–H and O–H groups in total. The smallest absolute Gasteiger partial charge is 0.226 e. The fourth-order valence-corrected chi connectivity index (χ4v) is 2.52. The number of aromatic nitrogens is 1. The van der Waals surface area contributed by atoms with Gasteiger partial charge in [0.15, 0.2) is 0 Å². The van der Waals surface area contributed by atoms with Crippen molar-refractivity contribution >= 4 is 5.91 Å². The zero-order valence-corrected chi connectivity index (χ0v) is 14.7. The fraction of sp³-hybridized carbons (Fsp3) is 0.368. The Kier molecular flexibility index (Phi) is 6.18. The van der Waals surface area contributed by atoms with Crippen molar-refractivity contribution < 1.29 is 14.3 Å². The van der Waals surface area contributed by atoms with Crippen LogP contribution < -0.4 is 9.47 Å². The molecule has 0 aliphatic heterocycles. The van der Waals surface area contributed by atoms with Gasteiger partial charge in [0.1, 0.15) is 11.5 Å². The van der Waals surface area contributed by atoms with Crippen LogP contribution in [0.25, 0.3) is 0 Å². The van der Waals surface area contributed by atoms with Gasteiger partial charge in [0.25, 0.3) is 0 Å². The number of likely N-dealkylation sites (N-methyl/N-ethyl adjacent to an activating group) is 1. The lowest BCUT2D eigenvalue weighted by Crippen LogP contribution is -2.30. The average molecular weight is 328 g/mol. The highest BCUT2D eigenvalue weighted by Gasteiger charge is 2.15. The van der Waals surface area contributed by atoms with E-state index in [4.69, 9.17) is 9.47 Å². The van der Waals surface area contributed by atoms with Gasteiger partial charge in [0.05, 0.1) is 20.6 Å². The summed E-state index contributed by atoms with van der Waals surface area (Å²) < 4.78 is 10.7. The number of benzene rings is 1. The van der Waals surface area contributed by atoms with E-state index in [0.717, 1.165) is 23.3 Å². The van der Waals surface area contributed by atoms with Gasteiger partial charge in [-0.1, -0.05) is 0 Å². The molecule has 0 unspecified atom stereocenters. The molecule has 5 nitrogen and oxygen atoms in total. The van der Waals surface area contributed by atoms with Crippen LogP contribution in [0.1, 0.15) is 16.7 Å². The second kappa shape index (κ2) is 8.34. The van der Waals surface area contributed by atoms with Crippen molar-refractivity contribution in [1.29, 1.82) is 0 Å². The molecule has 5 heteroatoms. The number of ether oxygens (including phenoxy) is 2. The minimum Gasteiger partial charge on any atom is -0.496 e. The summed E-state index contributed by atoms with van der Waals surface area (Å²) >= 11 is 0. The van der Waals surface area contributed by atoms with E-state index in [1.807, 2.05) is 38.2 Å². The summed E-state index contributed by atoms with van der Waals surface area (Å²) in [4.78, 5) is 18.2. The van der Waals surface area contributed by atoms with Crippen LogP contribution in [0.3, 0.4) is 0 Å². The van der Waals surface area contributed by atoms with Crippen LogP contribution in [-0.4, -0.2) is 43.6 Å². The molecule has 0 saturated heterocycles. The zero-order chi connectivity index (χ0) is 17.5. The Bertz CT molecular complexity index is 687. The van der Waals surface area contributed by atoms with Crippen molar-refractivity contribution in [3.8, 4) is 11.5 Å². The van der Waals surface area contributed by atoms with Crippen molar-refractivity contribution in [2.75, 3.05) is 27.8 Å². The van der Waals surface area contributed by atoms with E-state index < -0.39 is 0 Å². The first kappa shape index (κ1) is 17.8. The number of nitrogens with zero attached hydrogens (tertiary/aromatic N) is 2. The largest absolute Gasteiger partial charge is 0.496 e. The van der Waals surface area contributed by atoms with Crippen LogP contribution in [-0.2, 0) is 17.6 Å². The van der Waals surface area contributed by atoms with Gasteiger partial charge in [-0.2, -0.15) is 0 Å². The molecule has 1 aromatic carbocycles. The Balaban J connectivity index is 2.03. The Morgan fingerprint density at radius 2 is 1.79 bits per heavy atom. The molecule has 0 aliphatic carbocycles. The summed E-state index contributed by atoms with van der Waals surface area (Å²) in [7, 11) is 5.06. The first-order chi connectivity index (χ1) is 11.5. The number of hydrogen-bond donors (Lipinski definition) is 0. The predicted octanol–water partition coefficient (Wildman–Crippen LogP) is 2.65. The van der Waals surface area contributed by atoms with Crippen LogP contribution >= 0.6 is 0 Å². The molecular formula is C19H24N2O3. The number of aryl methyl sites for hydroxylation is 1. The van der Waals surface area contributed by atoms with Crippen LogP contribution in [0.15, 0.2) is 36.7 Å². The molecule has 0 fully saturated rings. The fourth-order valence-electron chi connectivity index (χ4n) is 2.52. The van der Waals surface area contributed by atoms with Gasteiger partial charge in [-0.15, -0.1) is 0 Å². The summed E-state index contributed by atoms with van der Waals surface area (Å²) in [5.74, 6) is 1.52. The van der Waals surface area contributed by atoms with Gasteiger partial charge >= 0.3 is 0 Å². The second-order valence-electron chi connectivity index (χ2n) is 5.73. The number of carbonyl (C=O) groups is 1. The van der Waals surface area contributed by atoms with E-state index in [-0.39, 0.29) is 12.3 Å². The topological polar surface area (TPSA) is 51.7 Å². The number of rotatable bonds is 7. The van der Waals surface area contributed by atoms with Crippen LogP contribution in [0.2, 0.25) is 0 Å². The molecule has 2 rings (SSSR count). The Labute approximate surface area is 143 Å². The lowest BCUT2D eigenvalue weighted by molar-refractivity contribution is -0.129. The Hall–Kier alpha value is -2.56. The normalized spacial score (nSPS) is 10.3. The molecule has 1 amide bonds. The van der Waals surface area contributed by atoms with Crippen molar-refractivity contribution in [3.05, 3.63) is 53.3 Å². The van der Waals surface area contributed by atoms with E-state index in [2.05, 4.69) is 4.98 Å². The van der Waals surface area contributed by atoms with E-state index in [1.54, 1.807) is 31.5 Å². The average Bonchev–Trinajstić information content (AvgIpc) is 2.61. The summed E-state index contributed by atoms with van der Waals surface area (Å²) in [6.07, 6.45) is 4.62. The standard InChI is InChI=1S/C19H24N2O3/c1-14-11-18(24-4)16(12-17(14)23-3)13-19(22)21(2)10-7-15-5-8-20-9-6-15/h5-6,8-9,11-12H,7,10,13H2,1-4H3. The number of carbonyl (C=O) groups excluding carboxylic acids is 1. The Morgan fingerprint density at radius 1 is 1.12 bits per heavy atom. The summed E-state index contributed by atoms with van der Waals surface area (Å²) in [6.45, 7) is 2.61. The molecule has 0 saturated carbocycles. The first-order valence-corrected chi connectivity index (χ1v) is 7.89. The molecule has 24 heavy (non-hydrogen) atoms. The highest BCUT2D eigenvalue weighted by molar-refractivity contribution is 5.79. The van der Waals surface area contributed by atoms with Gasteiger partial charge in [-0.25, -0.2) is 0 Å². The SMILES string of the molecule is COc1cc(CC(=O)N(C)CCc2ccncc2)c(OC)cc1C. The molecule has 128 valence electrons. The Morgan fingerprint density at radius 3 is 2.42 bits per heavy atom. The molecule has 1 aromatic heterocycles. The lowest BCUT2D eigenvalue weighted by Gasteiger charge is -2.19. The minimum absolute atomic E-state index is 0.0493. The quantitative estimate of drug-likeness (QED) is 0.784. The number of pyridine rings is 1. The molecule has 0 bridgehead atoms. The lowest BCUT2D eigenvalue weighted by atomic mass is 10.1. The third-order valence-electron chi connectivity index (χ3n) is 4.05. The molecule has 2 aromatic rings. The van der Waals surface area contributed by atoms with Gasteiger partial charge in [-0.05, 0) is 48.7 Å². The van der Waals surface area contributed by atoms with Gasteiger partial charge in [0, 0.05) is 31.5 Å². The van der Waals surface area contributed by atoms with Crippen molar-refractivity contribution in [2.45, 2.75) is 19.8 Å². The summed E-state index contributed by atoms with van der Waals surface area (Å²) in [5, 5.41) is 0. The second-order valence-corrected chi connectivity index (χ2v) is 5.73. The molecule has 0 spiro atoms. The molecule has 1 heterocycles. The van der Waals surface area contributed by atoms with E-state index in [1.165, 1.54) is 5.56 Å². The molecule has 0 atom stereocenters. The summed E-state index contributed by atoms with van der Waals surface area (Å²) in [6, 6.07) is 7.71. The van der Waals surface area contributed by atoms with Crippen molar-refractivity contribution in [1.82, 2.24) is 9.88 Å². The highest BCUT2D eigenvalue weighted by atomic mass is 16.5. The van der Waals surface area contributed by atoms with E-state index in [9.17, 15) is 4.79 Å². The predicted molar refractivity (Wildman–Crippen MR) is 93.6 cm³/mol. The van der Waals surface area contributed by atoms with Gasteiger partial charge in [0.2, 0.25) is 5.91 Å². The third kappa shape index (κ3) is 4.47. The maximum atomic E-state index is 12.5. The summed E-state index contributed by atoms with van der Waals surface area (Å²) in [5.41, 5.74) is 2.98. The van der Waals surface area contributed by atoms with Crippen LogP contribution in [0.4, 0.5) is 0 Å². The first-order valence-electron chi connectivity index (χ1n) is 7.89. The van der Waals surface area contributed by atoms with Crippen LogP contribution in [0.5, 0.6) is 11.5 Å². The number of hydrogen-bond acceptors (Lipinski definition) is 4. The minimum atomic E-state index is 0.0493. The van der Waals surface area contributed by atoms with Crippen LogP contribution in [0, 0.1) is 6.92 Å².